The number of methoxy groups -OCH3 is 1. The van der Waals surface area contributed by atoms with Crippen molar-refractivity contribution in [2.75, 3.05) is 37.0 Å². The van der Waals surface area contributed by atoms with Gasteiger partial charge in [0.05, 0.1) is 11.9 Å². The molecule has 3 rings (SSSR count). The Balaban J connectivity index is 1.53. The zero-order valence-corrected chi connectivity index (χ0v) is 15.3. The van der Waals surface area contributed by atoms with E-state index in [0.717, 1.165) is 50.6 Å². The molecule has 132 valence electrons. The topological polar surface area (TPSA) is 49.4 Å². The van der Waals surface area contributed by atoms with E-state index in [0.29, 0.717) is 5.11 Å². The van der Waals surface area contributed by atoms with Crippen molar-refractivity contribution in [3.63, 3.8) is 0 Å². The van der Waals surface area contributed by atoms with Crippen molar-refractivity contribution >= 4 is 28.8 Å². The Hall–Kier alpha value is -2.18. The Morgan fingerprint density at radius 1 is 1.24 bits per heavy atom. The van der Waals surface area contributed by atoms with Gasteiger partial charge >= 0.3 is 0 Å². The molecule has 1 aromatic heterocycles. The van der Waals surface area contributed by atoms with Crippen LogP contribution in [0, 0.1) is 0 Å². The first-order chi connectivity index (χ1) is 12.3. The van der Waals surface area contributed by atoms with Gasteiger partial charge in [0.2, 0.25) is 0 Å². The minimum Gasteiger partial charge on any atom is -0.385 e. The van der Waals surface area contributed by atoms with Gasteiger partial charge in [-0.2, -0.15) is 0 Å². The van der Waals surface area contributed by atoms with Crippen LogP contribution >= 0.6 is 12.2 Å². The van der Waals surface area contributed by atoms with E-state index in [1.807, 2.05) is 18.3 Å². The van der Waals surface area contributed by atoms with E-state index in [-0.39, 0.29) is 0 Å². The number of ether oxygens (including phenoxy) is 1. The molecular formula is C19H24N4OS. The van der Waals surface area contributed by atoms with Crippen molar-refractivity contribution in [2.45, 2.75) is 19.4 Å². The van der Waals surface area contributed by atoms with Crippen molar-refractivity contribution in [1.29, 1.82) is 0 Å². The highest BCUT2D eigenvalue weighted by atomic mass is 32.1. The molecule has 0 spiro atoms. The van der Waals surface area contributed by atoms with Crippen LogP contribution in [0.4, 0.5) is 11.5 Å². The largest absolute Gasteiger partial charge is 0.385 e. The summed E-state index contributed by atoms with van der Waals surface area (Å²) >= 11 is 5.29. The molecule has 2 aromatic rings. The number of pyridine rings is 1. The fourth-order valence-corrected chi connectivity index (χ4v) is 3.15. The number of nitrogens with one attached hydrogen (secondary N) is 2. The lowest BCUT2D eigenvalue weighted by Gasteiger charge is -2.29. The lowest BCUT2D eigenvalue weighted by Crippen LogP contribution is -2.31. The van der Waals surface area contributed by atoms with Gasteiger partial charge in [-0.3, -0.25) is 0 Å². The number of benzene rings is 1. The molecule has 0 amide bonds. The predicted octanol–water partition coefficient (Wildman–Crippen LogP) is 2.97. The molecular weight excluding hydrogens is 332 g/mol. The molecule has 0 fully saturated rings. The molecule has 0 atom stereocenters. The van der Waals surface area contributed by atoms with Gasteiger partial charge in [0.15, 0.2) is 5.11 Å². The van der Waals surface area contributed by atoms with Gasteiger partial charge in [0.25, 0.3) is 0 Å². The van der Waals surface area contributed by atoms with Crippen LogP contribution in [-0.2, 0) is 17.7 Å². The van der Waals surface area contributed by atoms with E-state index in [1.54, 1.807) is 7.11 Å². The molecule has 1 aliphatic rings. The van der Waals surface area contributed by atoms with Gasteiger partial charge < -0.3 is 20.3 Å². The van der Waals surface area contributed by atoms with Gasteiger partial charge in [0, 0.05) is 33.4 Å². The average Bonchev–Trinajstić information content (AvgIpc) is 2.65. The lowest BCUT2D eigenvalue weighted by atomic mass is 10.00. The predicted molar refractivity (Wildman–Crippen MR) is 106 cm³/mol. The summed E-state index contributed by atoms with van der Waals surface area (Å²) in [7, 11) is 1.70. The van der Waals surface area contributed by atoms with Crippen LogP contribution in [0.1, 0.15) is 17.5 Å². The normalized spacial score (nSPS) is 13.2. The SMILES string of the molecule is COCCCNC(=S)Nc1ccc(N2CCc3ccccc3C2)nc1. The first kappa shape index (κ1) is 17.6. The molecule has 0 aliphatic carbocycles. The third-order valence-electron chi connectivity index (χ3n) is 4.27. The molecule has 0 saturated carbocycles. The van der Waals surface area contributed by atoms with Crippen LogP contribution in [0.5, 0.6) is 0 Å². The number of fused-ring (bicyclic) bond motifs is 1. The lowest BCUT2D eigenvalue weighted by molar-refractivity contribution is 0.196. The number of hydrogen-bond donors (Lipinski definition) is 2. The Bertz CT molecular complexity index is 705. The summed E-state index contributed by atoms with van der Waals surface area (Å²) in [6.45, 7) is 3.43. The monoisotopic (exact) mass is 356 g/mol. The molecule has 6 heteroatoms. The molecule has 1 aromatic carbocycles. The summed E-state index contributed by atoms with van der Waals surface area (Å²) in [5.41, 5.74) is 3.73. The van der Waals surface area contributed by atoms with Gasteiger partial charge in [-0.25, -0.2) is 4.98 Å². The van der Waals surface area contributed by atoms with E-state index in [9.17, 15) is 0 Å². The summed E-state index contributed by atoms with van der Waals surface area (Å²) in [6, 6.07) is 12.7. The molecule has 0 radical (unpaired) electrons. The number of thiocarbonyl (C=S) groups is 1. The summed E-state index contributed by atoms with van der Waals surface area (Å²) < 4.78 is 5.02. The second-order valence-corrected chi connectivity index (χ2v) is 6.48. The Morgan fingerprint density at radius 2 is 2.08 bits per heavy atom. The van der Waals surface area contributed by atoms with Crippen molar-refractivity contribution in [3.05, 3.63) is 53.7 Å². The van der Waals surface area contributed by atoms with E-state index in [2.05, 4.69) is 44.8 Å². The Kier molecular flexibility index (Phi) is 6.19. The third-order valence-corrected chi connectivity index (χ3v) is 4.52. The average molecular weight is 356 g/mol. The summed E-state index contributed by atoms with van der Waals surface area (Å²) in [4.78, 5) is 6.91. The number of rotatable bonds is 6. The number of hydrogen-bond acceptors (Lipinski definition) is 4. The number of anilines is 2. The summed E-state index contributed by atoms with van der Waals surface area (Å²) in [6.07, 6.45) is 3.82. The maximum atomic E-state index is 5.29. The van der Waals surface area contributed by atoms with Gasteiger partial charge in [-0.1, -0.05) is 24.3 Å². The minimum absolute atomic E-state index is 0.609. The van der Waals surface area contributed by atoms with Crippen LogP contribution in [0.2, 0.25) is 0 Å². The fourth-order valence-electron chi connectivity index (χ4n) is 2.93. The van der Waals surface area contributed by atoms with E-state index in [4.69, 9.17) is 17.0 Å². The van der Waals surface area contributed by atoms with Gasteiger partial charge in [-0.05, 0) is 48.3 Å². The number of nitrogens with zero attached hydrogens (tertiary/aromatic N) is 2. The van der Waals surface area contributed by atoms with Crippen LogP contribution in [0.3, 0.4) is 0 Å². The molecule has 0 saturated heterocycles. The highest BCUT2D eigenvalue weighted by Crippen LogP contribution is 2.23. The maximum absolute atomic E-state index is 5.29. The van der Waals surface area contributed by atoms with Gasteiger partial charge in [-0.15, -0.1) is 0 Å². The fraction of sp³-hybridized carbons (Fsp3) is 0.368. The van der Waals surface area contributed by atoms with Crippen LogP contribution in [0.15, 0.2) is 42.6 Å². The van der Waals surface area contributed by atoms with Crippen LogP contribution < -0.4 is 15.5 Å². The first-order valence-electron chi connectivity index (χ1n) is 8.58. The van der Waals surface area contributed by atoms with Crippen molar-refractivity contribution in [2.24, 2.45) is 0 Å². The highest BCUT2D eigenvalue weighted by molar-refractivity contribution is 7.80. The zero-order valence-electron chi connectivity index (χ0n) is 14.5. The molecule has 1 aliphatic heterocycles. The second kappa shape index (κ2) is 8.78. The Labute approximate surface area is 154 Å². The summed E-state index contributed by atoms with van der Waals surface area (Å²) in [5, 5.41) is 6.93. The molecule has 25 heavy (non-hydrogen) atoms. The number of aromatic nitrogens is 1. The molecule has 5 nitrogen and oxygen atoms in total. The minimum atomic E-state index is 0.609. The molecule has 2 heterocycles. The first-order valence-corrected chi connectivity index (χ1v) is 8.98. The van der Waals surface area contributed by atoms with Gasteiger partial charge in [0.1, 0.15) is 5.82 Å². The van der Waals surface area contributed by atoms with Crippen molar-refractivity contribution in [3.8, 4) is 0 Å². The summed E-state index contributed by atoms with van der Waals surface area (Å²) in [5.74, 6) is 0.999. The van der Waals surface area contributed by atoms with Crippen LogP contribution in [0.25, 0.3) is 0 Å². The third kappa shape index (κ3) is 4.90. The maximum Gasteiger partial charge on any atom is 0.170 e. The molecule has 0 unspecified atom stereocenters. The standard InChI is InChI=1S/C19H24N4OS/c1-24-12-4-10-20-19(25)22-17-7-8-18(21-13-17)23-11-9-15-5-2-3-6-16(15)14-23/h2-3,5-8,13H,4,9-12,14H2,1H3,(H2,20,22,25). The van der Waals surface area contributed by atoms with E-state index < -0.39 is 0 Å². The quantitative estimate of drug-likeness (QED) is 0.613. The molecule has 2 N–H and O–H groups in total. The zero-order chi connectivity index (χ0) is 17.5. The van der Waals surface area contributed by atoms with Crippen LogP contribution in [-0.4, -0.2) is 36.9 Å². The highest BCUT2D eigenvalue weighted by Gasteiger charge is 2.16. The molecule has 0 bridgehead atoms. The smallest absolute Gasteiger partial charge is 0.170 e. The van der Waals surface area contributed by atoms with E-state index in [1.165, 1.54) is 11.1 Å². The van der Waals surface area contributed by atoms with Crippen molar-refractivity contribution < 1.29 is 4.74 Å². The van der Waals surface area contributed by atoms with E-state index >= 15 is 0 Å². The second-order valence-electron chi connectivity index (χ2n) is 6.07. The Morgan fingerprint density at radius 3 is 2.84 bits per heavy atom. The van der Waals surface area contributed by atoms with Crippen molar-refractivity contribution in [1.82, 2.24) is 10.3 Å².